The van der Waals surface area contributed by atoms with Crippen molar-refractivity contribution >= 4 is 22.8 Å². The standard InChI is InChI=1S/C16H17N3O5/c1-16(8-24-15(21)19-16)7-23-14-10-6-12(22-2)11(13(17)20)5-9(10)3-4-18-14/h3-6H,7-8H2,1-2H3,(H2,17,20)(H,19,21)/t16-/m1/s1. The van der Waals surface area contributed by atoms with Crippen LogP contribution in [0.1, 0.15) is 17.3 Å². The summed E-state index contributed by atoms with van der Waals surface area (Å²) >= 11 is 0. The van der Waals surface area contributed by atoms with Gasteiger partial charge in [0.1, 0.15) is 24.5 Å². The number of carbonyl (C=O) groups is 2. The second-order valence-electron chi connectivity index (χ2n) is 5.80. The Labute approximate surface area is 137 Å². The Morgan fingerprint density at radius 2 is 2.29 bits per heavy atom. The van der Waals surface area contributed by atoms with Gasteiger partial charge in [-0.05, 0) is 30.5 Å². The van der Waals surface area contributed by atoms with E-state index in [-0.39, 0.29) is 18.8 Å². The van der Waals surface area contributed by atoms with E-state index in [0.29, 0.717) is 17.0 Å². The van der Waals surface area contributed by atoms with E-state index in [9.17, 15) is 9.59 Å². The first-order chi connectivity index (χ1) is 11.4. The van der Waals surface area contributed by atoms with Crippen molar-refractivity contribution in [1.82, 2.24) is 10.3 Å². The number of primary amides is 1. The van der Waals surface area contributed by atoms with Gasteiger partial charge in [-0.25, -0.2) is 9.78 Å². The highest BCUT2D eigenvalue weighted by Crippen LogP contribution is 2.31. The molecule has 2 amide bonds. The van der Waals surface area contributed by atoms with Gasteiger partial charge in [-0.2, -0.15) is 0 Å². The molecule has 2 heterocycles. The lowest BCUT2D eigenvalue weighted by Crippen LogP contribution is -2.45. The number of benzene rings is 1. The van der Waals surface area contributed by atoms with Crippen molar-refractivity contribution in [2.45, 2.75) is 12.5 Å². The van der Waals surface area contributed by atoms with Crippen LogP contribution in [0.3, 0.4) is 0 Å². The predicted octanol–water partition coefficient (Wildman–Crippen LogP) is 1.22. The molecule has 126 valence electrons. The SMILES string of the molecule is COc1cc2c(OC[C@]3(C)COC(=O)N3)nccc2cc1C(N)=O. The molecule has 1 fully saturated rings. The molecule has 8 nitrogen and oxygen atoms in total. The summed E-state index contributed by atoms with van der Waals surface area (Å²) in [6.45, 7) is 2.21. The molecule has 1 aliphatic rings. The van der Waals surface area contributed by atoms with Crippen molar-refractivity contribution in [3.8, 4) is 11.6 Å². The summed E-state index contributed by atoms with van der Waals surface area (Å²) < 4.78 is 15.9. The summed E-state index contributed by atoms with van der Waals surface area (Å²) in [5.41, 5.74) is 5.03. The van der Waals surface area contributed by atoms with E-state index in [4.69, 9.17) is 19.9 Å². The van der Waals surface area contributed by atoms with Crippen LogP contribution in [0.5, 0.6) is 11.6 Å². The Hall–Kier alpha value is -3.03. The first-order valence-electron chi connectivity index (χ1n) is 7.26. The predicted molar refractivity (Wildman–Crippen MR) is 85.2 cm³/mol. The molecule has 0 bridgehead atoms. The van der Waals surface area contributed by atoms with Crippen LogP contribution < -0.4 is 20.5 Å². The maximum atomic E-state index is 11.5. The van der Waals surface area contributed by atoms with Gasteiger partial charge in [0, 0.05) is 11.6 Å². The number of cyclic esters (lactones) is 1. The number of nitrogens with one attached hydrogen (secondary N) is 1. The molecule has 0 spiro atoms. The lowest BCUT2D eigenvalue weighted by Gasteiger charge is -2.21. The molecule has 1 atom stereocenters. The zero-order valence-corrected chi connectivity index (χ0v) is 13.3. The van der Waals surface area contributed by atoms with Crippen LogP contribution in [-0.4, -0.2) is 42.8 Å². The minimum Gasteiger partial charge on any atom is -0.496 e. The van der Waals surface area contributed by atoms with Crippen molar-refractivity contribution in [2.75, 3.05) is 20.3 Å². The van der Waals surface area contributed by atoms with Gasteiger partial charge < -0.3 is 25.3 Å². The molecule has 1 aromatic heterocycles. The van der Waals surface area contributed by atoms with Gasteiger partial charge in [0.2, 0.25) is 5.88 Å². The van der Waals surface area contributed by atoms with Crippen LogP contribution in [0.15, 0.2) is 24.4 Å². The molecule has 1 saturated heterocycles. The maximum Gasteiger partial charge on any atom is 0.407 e. The molecule has 1 aliphatic heterocycles. The number of rotatable bonds is 5. The Kier molecular flexibility index (Phi) is 3.88. The van der Waals surface area contributed by atoms with E-state index in [1.165, 1.54) is 7.11 Å². The molecule has 0 saturated carbocycles. The fraction of sp³-hybridized carbons (Fsp3) is 0.312. The molecule has 1 aromatic carbocycles. The molecular weight excluding hydrogens is 314 g/mol. The molecule has 3 N–H and O–H groups in total. The number of alkyl carbamates (subject to hydrolysis) is 1. The van der Waals surface area contributed by atoms with Crippen molar-refractivity contribution in [3.05, 3.63) is 30.0 Å². The number of amides is 2. The monoisotopic (exact) mass is 331 g/mol. The third kappa shape index (κ3) is 2.90. The zero-order valence-electron chi connectivity index (χ0n) is 13.3. The quantitative estimate of drug-likeness (QED) is 0.852. The number of hydrogen-bond donors (Lipinski definition) is 2. The van der Waals surface area contributed by atoms with Crippen LogP contribution in [0.2, 0.25) is 0 Å². The van der Waals surface area contributed by atoms with Crippen molar-refractivity contribution in [3.63, 3.8) is 0 Å². The topological polar surface area (TPSA) is 113 Å². The second kappa shape index (κ2) is 5.88. The van der Waals surface area contributed by atoms with Gasteiger partial charge in [-0.1, -0.05) is 0 Å². The molecule has 0 aliphatic carbocycles. The number of carbonyl (C=O) groups excluding carboxylic acids is 2. The fourth-order valence-electron chi connectivity index (χ4n) is 2.50. The van der Waals surface area contributed by atoms with Gasteiger partial charge in [-0.15, -0.1) is 0 Å². The van der Waals surface area contributed by atoms with Crippen LogP contribution in [0, 0.1) is 0 Å². The summed E-state index contributed by atoms with van der Waals surface area (Å²) in [5, 5.41) is 4.11. The molecule has 2 aromatic rings. The van der Waals surface area contributed by atoms with Crippen LogP contribution in [0.25, 0.3) is 10.8 Å². The fourth-order valence-corrected chi connectivity index (χ4v) is 2.50. The van der Waals surface area contributed by atoms with Gasteiger partial charge in [0.15, 0.2) is 0 Å². The van der Waals surface area contributed by atoms with Crippen LogP contribution in [0.4, 0.5) is 4.79 Å². The average molecular weight is 331 g/mol. The van der Waals surface area contributed by atoms with E-state index in [2.05, 4.69) is 10.3 Å². The number of ether oxygens (including phenoxy) is 3. The Morgan fingerprint density at radius 3 is 2.92 bits per heavy atom. The Balaban J connectivity index is 1.93. The summed E-state index contributed by atoms with van der Waals surface area (Å²) in [7, 11) is 1.46. The van der Waals surface area contributed by atoms with Crippen molar-refractivity contribution in [1.29, 1.82) is 0 Å². The van der Waals surface area contributed by atoms with Gasteiger partial charge in [0.25, 0.3) is 5.91 Å². The molecule has 3 rings (SSSR count). The second-order valence-corrected chi connectivity index (χ2v) is 5.80. The number of hydrogen-bond acceptors (Lipinski definition) is 6. The highest BCUT2D eigenvalue weighted by atomic mass is 16.6. The summed E-state index contributed by atoms with van der Waals surface area (Å²) in [5.74, 6) is 0.132. The summed E-state index contributed by atoms with van der Waals surface area (Å²) in [6, 6.07) is 5.03. The van der Waals surface area contributed by atoms with Crippen LogP contribution in [-0.2, 0) is 4.74 Å². The number of nitrogens with two attached hydrogens (primary N) is 1. The molecule has 0 unspecified atom stereocenters. The average Bonchev–Trinajstić information content (AvgIpc) is 2.91. The van der Waals surface area contributed by atoms with E-state index in [0.717, 1.165) is 5.39 Å². The largest absolute Gasteiger partial charge is 0.496 e. The first kappa shape index (κ1) is 15.9. The molecule has 0 radical (unpaired) electrons. The first-order valence-corrected chi connectivity index (χ1v) is 7.26. The number of fused-ring (bicyclic) bond motifs is 1. The molecule has 24 heavy (non-hydrogen) atoms. The Bertz CT molecular complexity index is 823. The van der Waals surface area contributed by atoms with E-state index in [1.807, 2.05) is 6.92 Å². The minimum atomic E-state index is -0.627. The lowest BCUT2D eigenvalue weighted by atomic mass is 10.1. The molecular formula is C16H17N3O5. The summed E-state index contributed by atoms with van der Waals surface area (Å²) in [4.78, 5) is 26.9. The third-order valence-electron chi connectivity index (χ3n) is 3.77. The van der Waals surface area contributed by atoms with Gasteiger partial charge in [0.05, 0.1) is 12.7 Å². The minimum absolute atomic E-state index is 0.185. The normalized spacial score (nSPS) is 19.7. The molecule has 8 heteroatoms. The highest BCUT2D eigenvalue weighted by molar-refractivity contribution is 6.01. The lowest BCUT2D eigenvalue weighted by molar-refractivity contribution is 0.0997. The number of aromatic nitrogens is 1. The zero-order chi connectivity index (χ0) is 17.3. The van der Waals surface area contributed by atoms with E-state index in [1.54, 1.807) is 24.4 Å². The van der Waals surface area contributed by atoms with Crippen LogP contribution >= 0.6 is 0 Å². The number of methoxy groups -OCH3 is 1. The number of nitrogens with zero attached hydrogens (tertiary/aromatic N) is 1. The van der Waals surface area contributed by atoms with Crippen molar-refractivity contribution in [2.24, 2.45) is 5.73 Å². The third-order valence-corrected chi connectivity index (χ3v) is 3.77. The van der Waals surface area contributed by atoms with E-state index >= 15 is 0 Å². The van der Waals surface area contributed by atoms with Gasteiger partial charge >= 0.3 is 6.09 Å². The van der Waals surface area contributed by atoms with Crippen molar-refractivity contribution < 1.29 is 23.8 Å². The number of pyridine rings is 1. The summed E-state index contributed by atoms with van der Waals surface area (Å²) in [6.07, 6.45) is 1.10. The smallest absolute Gasteiger partial charge is 0.407 e. The Morgan fingerprint density at radius 1 is 1.50 bits per heavy atom. The van der Waals surface area contributed by atoms with Gasteiger partial charge in [-0.3, -0.25) is 4.79 Å². The highest BCUT2D eigenvalue weighted by Gasteiger charge is 2.36. The van der Waals surface area contributed by atoms with E-state index < -0.39 is 17.5 Å². The maximum absolute atomic E-state index is 11.5.